The average Bonchev–Trinajstić information content (AvgIpc) is 2.87. The lowest BCUT2D eigenvalue weighted by Gasteiger charge is -2.36. The van der Waals surface area contributed by atoms with Crippen molar-refractivity contribution in [3.8, 4) is 5.75 Å². The fraction of sp³-hybridized carbons (Fsp3) is 0.188. The highest BCUT2D eigenvalue weighted by molar-refractivity contribution is 6.76. The Labute approximate surface area is 123 Å². The SMILES string of the molecule is C[N+]1=Cc2ccccc2O[B-]12OCc1ccc(CO)cc12. The molecule has 0 bridgehead atoms. The Bertz CT molecular complexity index is 759. The summed E-state index contributed by atoms with van der Waals surface area (Å²) in [6, 6.07) is 13.9. The quantitative estimate of drug-likeness (QED) is 0.793. The Morgan fingerprint density at radius 2 is 2.10 bits per heavy atom. The average molecular weight is 281 g/mol. The van der Waals surface area contributed by atoms with Crippen molar-refractivity contribution in [1.82, 2.24) is 0 Å². The molecule has 0 aliphatic carbocycles. The van der Waals surface area contributed by atoms with Crippen LogP contribution in [0.4, 0.5) is 0 Å². The first-order valence-electron chi connectivity index (χ1n) is 7.09. The largest absolute Gasteiger partial charge is 0.630 e. The molecule has 1 spiro atoms. The van der Waals surface area contributed by atoms with E-state index in [2.05, 4.69) is 6.21 Å². The molecular weight excluding hydrogens is 265 g/mol. The zero-order valence-electron chi connectivity index (χ0n) is 11.8. The highest BCUT2D eigenvalue weighted by Gasteiger charge is 2.52. The van der Waals surface area contributed by atoms with E-state index < -0.39 is 6.69 Å². The smallest absolute Gasteiger partial charge is 0.625 e. The number of aliphatic hydroxyl groups is 1. The summed E-state index contributed by atoms with van der Waals surface area (Å²) in [6.45, 7) is -1.17. The fourth-order valence-electron chi connectivity index (χ4n) is 3.21. The van der Waals surface area contributed by atoms with Crippen LogP contribution in [0.25, 0.3) is 0 Å². The van der Waals surface area contributed by atoms with Crippen molar-refractivity contribution in [2.75, 3.05) is 7.05 Å². The van der Waals surface area contributed by atoms with Crippen LogP contribution in [-0.4, -0.2) is 29.5 Å². The van der Waals surface area contributed by atoms with Crippen molar-refractivity contribution in [1.29, 1.82) is 0 Å². The summed E-state index contributed by atoms with van der Waals surface area (Å²) < 4.78 is 14.4. The molecule has 106 valence electrons. The third kappa shape index (κ3) is 1.75. The van der Waals surface area contributed by atoms with Crippen LogP contribution in [0.1, 0.15) is 16.7 Å². The van der Waals surface area contributed by atoms with Gasteiger partial charge in [-0.15, -0.1) is 0 Å². The van der Waals surface area contributed by atoms with Crippen molar-refractivity contribution in [3.63, 3.8) is 0 Å². The Morgan fingerprint density at radius 3 is 2.95 bits per heavy atom. The molecular formula is C16H16BNO3. The Balaban J connectivity index is 1.89. The van der Waals surface area contributed by atoms with E-state index in [9.17, 15) is 5.11 Å². The summed E-state index contributed by atoms with van der Waals surface area (Å²) in [5.74, 6) is 0.831. The molecule has 2 heterocycles. The summed E-state index contributed by atoms with van der Waals surface area (Å²) in [5, 5.41) is 9.38. The molecule has 1 N–H and O–H groups in total. The maximum atomic E-state index is 9.38. The second-order valence-corrected chi connectivity index (χ2v) is 5.62. The van der Waals surface area contributed by atoms with E-state index in [0.29, 0.717) is 6.61 Å². The van der Waals surface area contributed by atoms with E-state index in [4.69, 9.17) is 9.31 Å². The first kappa shape index (κ1) is 12.6. The number of para-hydroxylation sites is 1. The monoisotopic (exact) mass is 281 g/mol. The molecule has 1 unspecified atom stereocenters. The highest BCUT2D eigenvalue weighted by Crippen LogP contribution is 2.29. The molecule has 0 fully saturated rings. The first-order valence-corrected chi connectivity index (χ1v) is 7.09. The van der Waals surface area contributed by atoms with Crippen molar-refractivity contribution in [2.45, 2.75) is 13.2 Å². The maximum Gasteiger partial charge on any atom is 0.625 e. The maximum absolute atomic E-state index is 9.38. The number of hydrogen-bond acceptors (Lipinski definition) is 3. The minimum absolute atomic E-state index is 0.0173. The zero-order valence-corrected chi connectivity index (χ0v) is 11.8. The van der Waals surface area contributed by atoms with Gasteiger partial charge >= 0.3 is 6.69 Å². The molecule has 4 nitrogen and oxygen atoms in total. The van der Waals surface area contributed by atoms with Gasteiger partial charge in [-0.05, 0) is 28.7 Å². The summed E-state index contributed by atoms with van der Waals surface area (Å²) >= 11 is 0. The molecule has 0 saturated carbocycles. The van der Waals surface area contributed by atoms with E-state index in [1.807, 2.05) is 54.0 Å². The summed E-state index contributed by atoms with van der Waals surface area (Å²) in [4.78, 5) is 0. The Morgan fingerprint density at radius 1 is 1.24 bits per heavy atom. The lowest BCUT2D eigenvalue weighted by Crippen LogP contribution is -2.63. The number of nitrogens with zero attached hydrogens (tertiary/aromatic N) is 1. The van der Waals surface area contributed by atoms with Crippen molar-refractivity contribution in [2.24, 2.45) is 0 Å². The standard InChI is InChI=1S/C16H16BNO3/c1-18-9-13-4-2-3-5-16(13)21-17(18)15-8-12(10-19)6-7-14(15)11-20-17/h2-9,19H,10-11H2,1H3. The van der Waals surface area contributed by atoms with Crippen molar-refractivity contribution < 1.29 is 18.9 Å². The van der Waals surface area contributed by atoms with Crippen LogP contribution in [0.3, 0.4) is 0 Å². The van der Waals surface area contributed by atoms with Crippen LogP contribution in [0, 0.1) is 0 Å². The molecule has 1 atom stereocenters. The number of hydrogen-bond donors (Lipinski definition) is 1. The molecule has 0 amide bonds. The molecule has 4 rings (SSSR count). The molecule has 2 aliphatic heterocycles. The third-order valence-electron chi connectivity index (χ3n) is 4.34. The number of rotatable bonds is 1. The van der Waals surface area contributed by atoms with Crippen molar-refractivity contribution in [3.05, 3.63) is 59.2 Å². The van der Waals surface area contributed by atoms with Crippen LogP contribution < -0.4 is 10.1 Å². The minimum atomic E-state index is -1.72. The minimum Gasteiger partial charge on any atom is -0.630 e. The van der Waals surface area contributed by atoms with Gasteiger partial charge < -0.3 is 18.9 Å². The molecule has 2 aromatic carbocycles. The van der Waals surface area contributed by atoms with Gasteiger partial charge in [0.1, 0.15) is 6.21 Å². The molecule has 0 aromatic heterocycles. The van der Waals surface area contributed by atoms with E-state index >= 15 is 0 Å². The molecule has 0 radical (unpaired) electrons. The first-order chi connectivity index (χ1) is 10.2. The normalized spacial score (nSPS) is 22.5. The highest BCUT2D eigenvalue weighted by atomic mass is 16.6. The van der Waals surface area contributed by atoms with Crippen LogP contribution in [0.15, 0.2) is 42.5 Å². The summed E-state index contributed by atoms with van der Waals surface area (Å²) in [5.41, 5.74) is 4.06. The second-order valence-electron chi connectivity index (χ2n) is 5.62. The Hall–Kier alpha value is -2.11. The van der Waals surface area contributed by atoms with Gasteiger partial charge in [-0.3, -0.25) is 0 Å². The van der Waals surface area contributed by atoms with E-state index in [1.165, 1.54) is 0 Å². The van der Waals surface area contributed by atoms with Gasteiger partial charge in [0.25, 0.3) is 0 Å². The van der Waals surface area contributed by atoms with E-state index in [1.54, 1.807) is 0 Å². The van der Waals surface area contributed by atoms with Gasteiger partial charge in [0, 0.05) is 6.61 Å². The lowest BCUT2D eigenvalue weighted by atomic mass is 9.62. The van der Waals surface area contributed by atoms with Gasteiger partial charge in [-0.25, -0.2) is 0 Å². The molecule has 0 saturated heterocycles. The number of benzene rings is 2. The van der Waals surface area contributed by atoms with Crippen LogP contribution in [-0.2, 0) is 17.9 Å². The molecule has 21 heavy (non-hydrogen) atoms. The van der Waals surface area contributed by atoms with Crippen LogP contribution in [0.2, 0.25) is 0 Å². The van der Waals surface area contributed by atoms with Gasteiger partial charge in [0.2, 0.25) is 0 Å². The fourth-order valence-corrected chi connectivity index (χ4v) is 3.21. The molecule has 2 aromatic rings. The molecule has 5 heteroatoms. The summed E-state index contributed by atoms with van der Waals surface area (Å²) in [6.07, 6.45) is 2.06. The second kappa shape index (κ2) is 4.45. The van der Waals surface area contributed by atoms with Gasteiger partial charge in [0.05, 0.1) is 25.0 Å². The predicted molar refractivity (Wildman–Crippen MR) is 81.0 cm³/mol. The van der Waals surface area contributed by atoms with Gasteiger partial charge in [-0.2, -0.15) is 0 Å². The van der Waals surface area contributed by atoms with Gasteiger partial charge in [-0.1, -0.05) is 30.3 Å². The number of aliphatic hydroxyl groups excluding tert-OH is 1. The number of fused-ring (bicyclic) bond motifs is 3. The van der Waals surface area contributed by atoms with E-state index in [0.717, 1.165) is 27.9 Å². The molecule has 2 aliphatic rings. The van der Waals surface area contributed by atoms with Crippen LogP contribution >= 0.6 is 0 Å². The topological polar surface area (TPSA) is 41.7 Å². The van der Waals surface area contributed by atoms with Crippen LogP contribution in [0.5, 0.6) is 5.75 Å². The summed E-state index contributed by atoms with van der Waals surface area (Å²) in [7, 11) is 1.97. The Kier molecular flexibility index (Phi) is 2.67. The predicted octanol–water partition coefficient (Wildman–Crippen LogP) is 1.01. The third-order valence-corrected chi connectivity index (χ3v) is 4.34. The lowest BCUT2D eigenvalue weighted by molar-refractivity contribution is -0.392. The van der Waals surface area contributed by atoms with Gasteiger partial charge in [0.15, 0.2) is 0 Å². The van der Waals surface area contributed by atoms with E-state index in [-0.39, 0.29) is 6.61 Å². The zero-order chi connectivity index (χ0) is 14.4. The van der Waals surface area contributed by atoms with Crippen molar-refractivity contribution >= 4 is 18.4 Å².